The highest BCUT2D eigenvalue weighted by Gasteiger charge is 2.18. The number of benzene rings is 1. The maximum Gasteiger partial charge on any atom is 0.277 e. The van der Waals surface area contributed by atoms with Gasteiger partial charge in [0.25, 0.3) is 5.91 Å². The first-order chi connectivity index (χ1) is 8.50. The van der Waals surface area contributed by atoms with Gasteiger partial charge in [0.05, 0.1) is 20.2 Å². The van der Waals surface area contributed by atoms with Crippen LogP contribution in [0.4, 0.5) is 5.69 Å². The summed E-state index contributed by atoms with van der Waals surface area (Å²) in [6, 6.07) is 4.97. The summed E-state index contributed by atoms with van der Waals surface area (Å²) in [6.45, 7) is 0. The van der Waals surface area contributed by atoms with Gasteiger partial charge in [0, 0.05) is 0 Å². The van der Waals surface area contributed by atoms with Gasteiger partial charge in [-0.25, -0.2) is 0 Å². The molecule has 0 fully saturated rings. The monoisotopic (exact) mass is 411 g/mol. The van der Waals surface area contributed by atoms with Gasteiger partial charge >= 0.3 is 0 Å². The first-order valence-corrected chi connectivity index (χ1v) is 6.99. The van der Waals surface area contributed by atoms with Gasteiger partial charge in [-0.15, -0.1) is 0 Å². The lowest BCUT2D eigenvalue weighted by Gasteiger charge is -2.07. The third-order valence-corrected chi connectivity index (χ3v) is 4.59. The Bertz CT molecular complexity index is 595. The van der Waals surface area contributed by atoms with E-state index in [2.05, 4.69) is 47.4 Å². The molecule has 0 saturated carbocycles. The highest BCUT2D eigenvalue weighted by molar-refractivity contribution is 9.13. The number of hydrogen-bond acceptors (Lipinski definition) is 2. The van der Waals surface area contributed by atoms with E-state index in [0.29, 0.717) is 24.8 Å². The quantitative estimate of drug-likeness (QED) is 0.761. The van der Waals surface area contributed by atoms with Crippen LogP contribution in [0.1, 0.15) is 10.5 Å². The first-order valence-electron chi connectivity index (χ1n) is 4.65. The summed E-state index contributed by atoms with van der Waals surface area (Å²) < 4.78 is 1.11. The highest BCUT2D eigenvalue weighted by Crippen LogP contribution is 2.31. The Morgan fingerprint density at radius 3 is 2.39 bits per heavy atom. The van der Waals surface area contributed by atoms with Gasteiger partial charge in [-0.05, 0) is 44.0 Å². The molecular weight excluding hydrogens is 409 g/mol. The lowest BCUT2D eigenvalue weighted by Crippen LogP contribution is -2.13. The van der Waals surface area contributed by atoms with Crippen molar-refractivity contribution >= 4 is 66.7 Å². The molecule has 94 valence electrons. The van der Waals surface area contributed by atoms with Crippen LogP contribution in [0.15, 0.2) is 27.3 Å². The predicted octanol–water partition coefficient (Wildman–Crippen LogP) is 4.49. The molecule has 0 saturated heterocycles. The Kier molecular flexibility index (Phi) is 4.32. The van der Waals surface area contributed by atoms with Crippen molar-refractivity contribution in [1.29, 1.82) is 0 Å². The van der Waals surface area contributed by atoms with Gasteiger partial charge < -0.3 is 5.32 Å². The van der Waals surface area contributed by atoms with Crippen molar-refractivity contribution < 1.29 is 4.79 Å². The van der Waals surface area contributed by atoms with Gasteiger partial charge in [-0.1, -0.05) is 29.3 Å². The number of hydrogen-bond donors (Lipinski definition) is 2. The Morgan fingerprint density at radius 1 is 1.28 bits per heavy atom. The van der Waals surface area contributed by atoms with Crippen molar-refractivity contribution in [2.75, 3.05) is 5.32 Å². The van der Waals surface area contributed by atoms with Crippen molar-refractivity contribution in [2.45, 2.75) is 0 Å². The van der Waals surface area contributed by atoms with E-state index in [0.717, 1.165) is 0 Å². The van der Waals surface area contributed by atoms with E-state index < -0.39 is 5.91 Å². The molecule has 0 aliphatic carbocycles. The van der Waals surface area contributed by atoms with Crippen molar-refractivity contribution in [3.05, 3.63) is 43.0 Å². The van der Waals surface area contributed by atoms with Crippen LogP contribution in [0, 0.1) is 0 Å². The van der Waals surface area contributed by atoms with E-state index >= 15 is 0 Å². The average Bonchev–Trinajstić information content (AvgIpc) is 2.65. The largest absolute Gasteiger partial charge is 0.318 e. The van der Waals surface area contributed by atoms with Crippen molar-refractivity contribution in [2.24, 2.45) is 0 Å². The number of aromatic amines is 1. The smallest absolute Gasteiger partial charge is 0.277 e. The van der Waals surface area contributed by atoms with Crippen LogP contribution >= 0.6 is 55.1 Å². The van der Waals surface area contributed by atoms with Crippen molar-refractivity contribution in [1.82, 2.24) is 10.2 Å². The van der Waals surface area contributed by atoms with Crippen molar-refractivity contribution in [3.63, 3.8) is 0 Å². The molecule has 0 radical (unpaired) electrons. The molecule has 0 bridgehead atoms. The van der Waals surface area contributed by atoms with Crippen molar-refractivity contribution in [3.8, 4) is 0 Å². The molecule has 18 heavy (non-hydrogen) atoms. The average molecular weight is 414 g/mol. The van der Waals surface area contributed by atoms with Crippen LogP contribution in [0.5, 0.6) is 0 Å². The lowest BCUT2D eigenvalue weighted by molar-refractivity contribution is 0.102. The van der Waals surface area contributed by atoms with Gasteiger partial charge in [-0.2, -0.15) is 5.10 Å². The molecule has 1 amide bonds. The molecule has 0 aliphatic heterocycles. The van der Waals surface area contributed by atoms with Crippen LogP contribution in [0.25, 0.3) is 0 Å². The molecule has 1 heterocycles. The molecule has 0 spiro atoms. The second-order valence-electron chi connectivity index (χ2n) is 3.25. The van der Waals surface area contributed by atoms with Crippen LogP contribution in [0.3, 0.4) is 0 Å². The minimum atomic E-state index is -0.418. The number of nitrogens with one attached hydrogen (secondary N) is 2. The van der Waals surface area contributed by atoms with Crippen LogP contribution in [-0.2, 0) is 0 Å². The number of anilines is 1. The molecule has 2 aromatic rings. The SMILES string of the molecule is O=C(Nc1c(Cl)cccc1Cl)c1n[nH]c(Br)c1Br. The molecule has 1 aromatic carbocycles. The number of carbonyl (C=O) groups is 1. The molecule has 2 N–H and O–H groups in total. The third kappa shape index (κ3) is 2.71. The number of rotatable bonds is 2. The standard InChI is InChI=1S/C10H5Br2Cl2N3O/c11-6-8(16-17-9(6)12)10(18)15-7-4(13)2-1-3-5(7)14/h1-3H,(H,15,18)(H,16,17). The molecule has 0 aliphatic rings. The van der Waals surface area contributed by atoms with Crippen LogP contribution < -0.4 is 5.32 Å². The third-order valence-electron chi connectivity index (χ3n) is 2.08. The van der Waals surface area contributed by atoms with Gasteiger partial charge in [0.1, 0.15) is 4.60 Å². The summed E-state index contributed by atoms with van der Waals surface area (Å²) in [4.78, 5) is 12.0. The number of aromatic nitrogens is 2. The molecular formula is C10H5Br2Cl2N3O. The highest BCUT2D eigenvalue weighted by atomic mass is 79.9. The molecule has 4 nitrogen and oxygen atoms in total. The summed E-state index contributed by atoms with van der Waals surface area (Å²) in [5.74, 6) is -0.418. The zero-order valence-electron chi connectivity index (χ0n) is 8.60. The summed E-state index contributed by atoms with van der Waals surface area (Å²) in [5, 5.41) is 9.82. The number of halogens is 4. The van der Waals surface area contributed by atoms with Crippen LogP contribution in [0.2, 0.25) is 10.0 Å². The van der Waals surface area contributed by atoms with E-state index in [1.165, 1.54) is 0 Å². The maximum absolute atomic E-state index is 12.0. The summed E-state index contributed by atoms with van der Waals surface area (Å²) >= 11 is 18.4. The number of para-hydroxylation sites is 1. The lowest BCUT2D eigenvalue weighted by atomic mass is 10.3. The maximum atomic E-state index is 12.0. The van der Waals surface area contributed by atoms with E-state index in [4.69, 9.17) is 23.2 Å². The second kappa shape index (κ2) is 5.61. The Labute approximate surface area is 129 Å². The first kappa shape index (κ1) is 13.9. The number of H-pyrrole nitrogens is 1. The summed E-state index contributed by atoms with van der Waals surface area (Å²) in [6.07, 6.45) is 0. The number of carbonyl (C=O) groups excluding carboxylic acids is 1. The number of amides is 1. The summed E-state index contributed by atoms with van der Waals surface area (Å²) in [5.41, 5.74) is 0.565. The summed E-state index contributed by atoms with van der Waals surface area (Å²) in [7, 11) is 0. The fourth-order valence-electron chi connectivity index (χ4n) is 1.25. The van der Waals surface area contributed by atoms with E-state index in [1.807, 2.05) is 0 Å². The Morgan fingerprint density at radius 2 is 1.89 bits per heavy atom. The topological polar surface area (TPSA) is 57.8 Å². The molecule has 0 unspecified atom stereocenters. The normalized spacial score (nSPS) is 10.4. The zero-order chi connectivity index (χ0) is 13.3. The van der Waals surface area contributed by atoms with E-state index in [1.54, 1.807) is 18.2 Å². The minimum absolute atomic E-state index is 0.206. The van der Waals surface area contributed by atoms with E-state index in [9.17, 15) is 4.79 Å². The predicted molar refractivity (Wildman–Crippen MR) is 78.4 cm³/mol. The van der Waals surface area contributed by atoms with Gasteiger partial charge in [0.2, 0.25) is 0 Å². The molecule has 1 aromatic heterocycles. The van der Waals surface area contributed by atoms with E-state index in [-0.39, 0.29) is 5.69 Å². The Balaban J connectivity index is 2.30. The van der Waals surface area contributed by atoms with Gasteiger partial charge in [0.15, 0.2) is 5.69 Å². The zero-order valence-corrected chi connectivity index (χ0v) is 13.3. The second-order valence-corrected chi connectivity index (χ2v) is 5.65. The molecule has 2 rings (SSSR count). The Hall–Kier alpha value is -0.560. The molecule has 8 heteroatoms. The van der Waals surface area contributed by atoms with Gasteiger partial charge in [-0.3, -0.25) is 9.89 Å². The van der Waals surface area contributed by atoms with Crippen LogP contribution in [-0.4, -0.2) is 16.1 Å². The number of nitrogens with zero attached hydrogens (tertiary/aromatic N) is 1. The molecule has 0 atom stereocenters. The minimum Gasteiger partial charge on any atom is -0.318 e. The fraction of sp³-hybridized carbons (Fsp3) is 0. The fourth-order valence-corrected chi connectivity index (χ4v) is 2.37.